The van der Waals surface area contributed by atoms with Gasteiger partial charge in [0.05, 0.1) is 5.75 Å². The van der Waals surface area contributed by atoms with Gasteiger partial charge >= 0.3 is 5.97 Å². The second kappa shape index (κ2) is 5.38. The summed E-state index contributed by atoms with van der Waals surface area (Å²) in [7, 11) is -3.63. The molecule has 0 saturated heterocycles. The summed E-state index contributed by atoms with van der Waals surface area (Å²) in [6.07, 6.45) is 0. The monoisotopic (exact) mass is 291 g/mol. The van der Waals surface area contributed by atoms with Crippen LogP contribution in [0.2, 0.25) is 0 Å². The van der Waals surface area contributed by atoms with Crippen molar-refractivity contribution < 1.29 is 18.3 Å². The van der Waals surface area contributed by atoms with E-state index in [9.17, 15) is 13.2 Å². The molecule has 0 fully saturated rings. The lowest BCUT2D eigenvalue weighted by Crippen LogP contribution is -2.37. The van der Waals surface area contributed by atoms with E-state index in [-0.39, 0.29) is 5.75 Å². The molecule has 0 amide bonds. The van der Waals surface area contributed by atoms with Crippen LogP contribution in [0.25, 0.3) is 0 Å². The first-order valence-corrected chi connectivity index (χ1v) is 7.90. The average molecular weight is 291 g/mol. The second-order valence-corrected chi connectivity index (χ2v) is 7.96. The summed E-state index contributed by atoms with van der Waals surface area (Å²) in [5.74, 6) is -1.32. The molecule has 2 N–H and O–H groups in total. The zero-order valence-corrected chi connectivity index (χ0v) is 12.1. The van der Waals surface area contributed by atoms with Gasteiger partial charge in [-0.05, 0) is 16.9 Å². The van der Waals surface area contributed by atoms with Crippen LogP contribution < -0.4 is 4.72 Å². The van der Waals surface area contributed by atoms with Gasteiger partial charge < -0.3 is 5.11 Å². The van der Waals surface area contributed by atoms with E-state index in [1.807, 2.05) is 0 Å². The number of hydrogen-bond acceptors (Lipinski definition) is 4. The van der Waals surface area contributed by atoms with Crippen LogP contribution in [-0.2, 0) is 14.8 Å². The maximum Gasteiger partial charge on any atom is 0.327 e. The van der Waals surface area contributed by atoms with Gasteiger partial charge in [-0.1, -0.05) is 26.8 Å². The molecule has 7 heteroatoms. The van der Waals surface area contributed by atoms with Gasteiger partial charge in [0.25, 0.3) is 0 Å². The van der Waals surface area contributed by atoms with Crippen molar-refractivity contribution in [2.45, 2.75) is 26.8 Å². The lowest BCUT2D eigenvalue weighted by Gasteiger charge is -2.20. The van der Waals surface area contributed by atoms with Gasteiger partial charge in [-0.15, -0.1) is 11.3 Å². The fourth-order valence-corrected chi connectivity index (χ4v) is 4.13. The Morgan fingerprint density at radius 1 is 1.50 bits per heavy atom. The van der Waals surface area contributed by atoms with Crippen molar-refractivity contribution in [3.05, 3.63) is 22.4 Å². The predicted octanol–water partition coefficient (Wildman–Crippen LogP) is 1.84. The highest BCUT2D eigenvalue weighted by Crippen LogP contribution is 2.22. The van der Waals surface area contributed by atoms with E-state index >= 15 is 0 Å². The summed E-state index contributed by atoms with van der Waals surface area (Å²) in [6, 6.07) is 2.08. The Bertz CT molecular complexity index is 500. The standard InChI is InChI=1S/C11H17NO4S2/c1-11(2,3)7-18(15,16)12-9(10(13)14)8-5-4-6-17-8/h4-6,9,12H,7H2,1-3H3,(H,13,14). The minimum absolute atomic E-state index is 0.116. The number of carboxylic acid groups (broad SMARTS) is 1. The smallest absolute Gasteiger partial charge is 0.327 e. The van der Waals surface area contributed by atoms with Crippen molar-refractivity contribution in [1.82, 2.24) is 4.72 Å². The Morgan fingerprint density at radius 2 is 2.11 bits per heavy atom. The molecular formula is C11H17NO4S2. The third-order valence-electron chi connectivity index (χ3n) is 2.00. The Kier molecular flexibility index (Phi) is 4.52. The molecule has 0 aromatic carbocycles. The van der Waals surface area contributed by atoms with Gasteiger partial charge in [0.15, 0.2) is 6.04 Å². The van der Waals surface area contributed by atoms with Gasteiger partial charge in [0.2, 0.25) is 10.0 Å². The van der Waals surface area contributed by atoms with Gasteiger partial charge in [-0.2, -0.15) is 4.72 Å². The second-order valence-electron chi connectivity index (χ2n) is 5.22. The molecule has 0 spiro atoms. The van der Waals surface area contributed by atoms with Crippen molar-refractivity contribution in [2.75, 3.05) is 5.75 Å². The molecule has 5 nitrogen and oxygen atoms in total. The summed E-state index contributed by atoms with van der Waals surface area (Å²) >= 11 is 1.21. The first-order chi connectivity index (χ1) is 8.11. The van der Waals surface area contributed by atoms with Crippen LogP contribution in [0.4, 0.5) is 0 Å². The largest absolute Gasteiger partial charge is 0.480 e. The molecule has 0 bridgehead atoms. The number of thiophene rings is 1. The van der Waals surface area contributed by atoms with Gasteiger partial charge in [-0.25, -0.2) is 8.42 Å². The van der Waals surface area contributed by atoms with Crippen LogP contribution in [0.1, 0.15) is 31.7 Å². The summed E-state index contributed by atoms with van der Waals surface area (Å²) in [5, 5.41) is 10.8. The predicted molar refractivity (Wildman–Crippen MR) is 71.1 cm³/mol. The van der Waals surface area contributed by atoms with E-state index in [1.165, 1.54) is 11.3 Å². The molecule has 0 aliphatic heterocycles. The van der Waals surface area contributed by atoms with Crippen LogP contribution in [0.3, 0.4) is 0 Å². The first kappa shape index (κ1) is 15.1. The lowest BCUT2D eigenvalue weighted by molar-refractivity contribution is -0.139. The highest BCUT2D eigenvalue weighted by atomic mass is 32.2. The first-order valence-electron chi connectivity index (χ1n) is 5.37. The molecule has 102 valence electrons. The van der Waals surface area contributed by atoms with Crippen LogP contribution in [0.15, 0.2) is 17.5 Å². The minimum atomic E-state index is -3.63. The van der Waals surface area contributed by atoms with Crippen molar-refractivity contribution in [2.24, 2.45) is 5.41 Å². The molecule has 0 radical (unpaired) electrons. The number of rotatable bonds is 5. The zero-order chi connectivity index (χ0) is 14.0. The van der Waals surface area contributed by atoms with Crippen LogP contribution in [0.5, 0.6) is 0 Å². The van der Waals surface area contributed by atoms with E-state index in [2.05, 4.69) is 4.72 Å². The number of carboxylic acids is 1. The summed E-state index contributed by atoms with van der Waals surface area (Å²) in [5.41, 5.74) is -0.426. The normalized spacial score (nSPS) is 14.4. The Labute approximate surface area is 111 Å². The van der Waals surface area contributed by atoms with Crippen molar-refractivity contribution in [3.8, 4) is 0 Å². The Balaban J connectivity index is 2.89. The third kappa shape index (κ3) is 4.75. The molecule has 1 rings (SSSR count). The third-order valence-corrected chi connectivity index (χ3v) is 4.77. The fraction of sp³-hybridized carbons (Fsp3) is 0.545. The quantitative estimate of drug-likeness (QED) is 0.867. The topological polar surface area (TPSA) is 83.5 Å². The molecule has 1 atom stereocenters. The van der Waals surface area contributed by atoms with Gasteiger partial charge in [0, 0.05) is 4.88 Å². The van der Waals surface area contributed by atoms with Crippen molar-refractivity contribution >= 4 is 27.3 Å². The SMILES string of the molecule is CC(C)(C)CS(=O)(=O)NC(C(=O)O)c1cccs1. The average Bonchev–Trinajstić information content (AvgIpc) is 2.62. The van der Waals surface area contributed by atoms with Crippen LogP contribution in [-0.4, -0.2) is 25.2 Å². The Morgan fingerprint density at radius 3 is 2.50 bits per heavy atom. The summed E-state index contributed by atoms with van der Waals surface area (Å²) < 4.78 is 26.0. The number of sulfonamides is 1. The molecule has 1 aromatic heterocycles. The number of carbonyl (C=O) groups is 1. The molecule has 1 aromatic rings. The maximum atomic E-state index is 11.9. The summed E-state index contributed by atoms with van der Waals surface area (Å²) in [4.78, 5) is 11.6. The highest BCUT2D eigenvalue weighted by molar-refractivity contribution is 7.89. The lowest BCUT2D eigenvalue weighted by atomic mass is 10.0. The number of hydrogen-bond donors (Lipinski definition) is 2. The van der Waals surface area contributed by atoms with Gasteiger partial charge in [-0.3, -0.25) is 4.79 Å². The Hall–Kier alpha value is -0.920. The maximum absolute atomic E-state index is 11.9. The van der Waals surface area contributed by atoms with E-state index in [0.717, 1.165) is 0 Å². The molecule has 0 saturated carbocycles. The summed E-state index contributed by atoms with van der Waals surface area (Å²) in [6.45, 7) is 5.35. The molecular weight excluding hydrogens is 274 g/mol. The van der Waals surface area contributed by atoms with Crippen LogP contribution in [0, 0.1) is 5.41 Å². The minimum Gasteiger partial charge on any atom is -0.480 e. The van der Waals surface area contributed by atoms with Crippen molar-refractivity contribution in [1.29, 1.82) is 0 Å². The van der Waals surface area contributed by atoms with E-state index < -0.39 is 27.4 Å². The molecule has 0 aliphatic carbocycles. The van der Waals surface area contributed by atoms with Gasteiger partial charge in [0.1, 0.15) is 0 Å². The molecule has 0 aliphatic rings. The molecule has 1 heterocycles. The number of aliphatic carboxylic acids is 1. The highest BCUT2D eigenvalue weighted by Gasteiger charge is 2.29. The number of nitrogens with one attached hydrogen (secondary N) is 1. The zero-order valence-electron chi connectivity index (χ0n) is 10.5. The van der Waals surface area contributed by atoms with Crippen molar-refractivity contribution in [3.63, 3.8) is 0 Å². The van der Waals surface area contributed by atoms with E-state index in [1.54, 1.807) is 38.3 Å². The van der Waals surface area contributed by atoms with E-state index in [4.69, 9.17) is 5.11 Å². The molecule has 18 heavy (non-hydrogen) atoms. The van der Waals surface area contributed by atoms with E-state index in [0.29, 0.717) is 4.88 Å². The van der Waals surface area contributed by atoms with Crippen LogP contribution >= 0.6 is 11.3 Å². The molecule has 1 unspecified atom stereocenters. The fourth-order valence-electron chi connectivity index (χ4n) is 1.48.